The molecule has 1 heterocycles. The molecule has 0 fully saturated rings. The van der Waals surface area contributed by atoms with Crippen molar-refractivity contribution < 1.29 is 0 Å². The summed E-state index contributed by atoms with van der Waals surface area (Å²) >= 11 is 0. The minimum absolute atomic E-state index is 0.153. The summed E-state index contributed by atoms with van der Waals surface area (Å²) < 4.78 is 2.39. The van der Waals surface area contributed by atoms with Gasteiger partial charge in [-0.2, -0.15) is 0 Å². The molecule has 1 aromatic heterocycles. The SMILES string of the molecule is c1ccc(-c2ccc(C3c4ccc(-c5ccc6c(c5)c5ccccc5n6-c5ccccc5)cc4-c4cc(-c5cccc6c5Cc5ccccc5-6)ccc43)cc2)cc1. The molecule has 1 heteroatoms. The van der Waals surface area contributed by atoms with Gasteiger partial charge in [0.15, 0.2) is 0 Å². The van der Waals surface area contributed by atoms with Gasteiger partial charge in [-0.25, -0.2) is 0 Å². The van der Waals surface area contributed by atoms with E-state index in [1.54, 1.807) is 0 Å². The van der Waals surface area contributed by atoms with Crippen molar-refractivity contribution in [1.82, 2.24) is 4.57 Å². The van der Waals surface area contributed by atoms with E-state index in [4.69, 9.17) is 0 Å². The summed E-state index contributed by atoms with van der Waals surface area (Å²) in [6.07, 6.45) is 0.971. The van der Waals surface area contributed by atoms with Gasteiger partial charge < -0.3 is 4.57 Å². The van der Waals surface area contributed by atoms with Crippen molar-refractivity contribution in [2.45, 2.75) is 12.3 Å². The number of fused-ring (bicyclic) bond motifs is 9. The van der Waals surface area contributed by atoms with Crippen LogP contribution in [0.4, 0.5) is 0 Å². The van der Waals surface area contributed by atoms with E-state index in [0.29, 0.717) is 0 Å². The summed E-state index contributed by atoms with van der Waals surface area (Å²) in [5, 5.41) is 2.54. The topological polar surface area (TPSA) is 4.93 Å². The van der Waals surface area contributed by atoms with Gasteiger partial charge in [0.1, 0.15) is 0 Å². The summed E-state index contributed by atoms with van der Waals surface area (Å²) in [7, 11) is 0. The van der Waals surface area contributed by atoms with Crippen molar-refractivity contribution in [2.24, 2.45) is 0 Å². The Morgan fingerprint density at radius 1 is 0.351 bits per heavy atom. The van der Waals surface area contributed by atoms with Crippen LogP contribution in [0.15, 0.2) is 206 Å². The fourth-order valence-corrected chi connectivity index (χ4v) is 9.89. The molecule has 9 aromatic carbocycles. The van der Waals surface area contributed by atoms with Crippen LogP contribution in [0.3, 0.4) is 0 Å². The molecule has 266 valence electrons. The summed E-state index contributed by atoms with van der Waals surface area (Å²) in [6, 6.07) is 76.6. The number of hydrogen-bond donors (Lipinski definition) is 0. The van der Waals surface area contributed by atoms with E-state index in [-0.39, 0.29) is 5.92 Å². The normalized spacial score (nSPS) is 13.7. The smallest absolute Gasteiger partial charge is 0.0541 e. The van der Waals surface area contributed by atoms with Gasteiger partial charge in [-0.05, 0) is 132 Å². The molecule has 0 N–H and O–H groups in total. The Morgan fingerprint density at radius 3 is 1.75 bits per heavy atom. The average Bonchev–Trinajstić information content (AvgIpc) is 3.94. The first-order chi connectivity index (χ1) is 28.3. The molecule has 0 bridgehead atoms. The lowest BCUT2D eigenvalue weighted by Crippen LogP contribution is -1.99. The molecule has 0 saturated carbocycles. The first-order valence-corrected chi connectivity index (χ1v) is 20.0. The lowest BCUT2D eigenvalue weighted by atomic mass is 9.87. The van der Waals surface area contributed by atoms with E-state index in [1.807, 2.05) is 0 Å². The van der Waals surface area contributed by atoms with Crippen LogP contribution < -0.4 is 0 Å². The quantitative estimate of drug-likeness (QED) is 0.167. The van der Waals surface area contributed by atoms with Crippen LogP contribution in [0.25, 0.3) is 83.1 Å². The van der Waals surface area contributed by atoms with Gasteiger partial charge >= 0.3 is 0 Å². The lowest BCUT2D eigenvalue weighted by Gasteiger charge is -2.16. The van der Waals surface area contributed by atoms with Crippen molar-refractivity contribution in [2.75, 3.05) is 0 Å². The summed E-state index contributed by atoms with van der Waals surface area (Å²) in [5.41, 5.74) is 23.5. The van der Waals surface area contributed by atoms with Gasteiger partial charge in [-0.1, -0.05) is 164 Å². The molecule has 2 aliphatic rings. The zero-order chi connectivity index (χ0) is 37.5. The van der Waals surface area contributed by atoms with Crippen molar-refractivity contribution in [3.63, 3.8) is 0 Å². The van der Waals surface area contributed by atoms with Crippen molar-refractivity contribution in [1.29, 1.82) is 0 Å². The van der Waals surface area contributed by atoms with Crippen LogP contribution in [0.5, 0.6) is 0 Å². The van der Waals surface area contributed by atoms with Crippen LogP contribution in [0.1, 0.15) is 33.7 Å². The van der Waals surface area contributed by atoms with Crippen LogP contribution in [0, 0.1) is 0 Å². The van der Waals surface area contributed by atoms with E-state index in [2.05, 4.69) is 211 Å². The number of benzene rings is 9. The molecule has 1 nitrogen and oxygen atoms in total. The molecule has 10 aromatic rings. The second kappa shape index (κ2) is 12.7. The Kier molecular flexibility index (Phi) is 7.12. The highest BCUT2D eigenvalue weighted by Gasteiger charge is 2.31. The molecule has 0 aliphatic heterocycles. The average molecular weight is 724 g/mol. The zero-order valence-corrected chi connectivity index (χ0v) is 31.4. The highest BCUT2D eigenvalue weighted by Crippen LogP contribution is 2.51. The third-order valence-corrected chi connectivity index (χ3v) is 12.6. The maximum atomic E-state index is 2.48. The molecular formula is C56H37N. The van der Waals surface area contributed by atoms with E-state index in [0.717, 1.165) is 6.42 Å². The van der Waals surface area contributed by atoms with Gasteiger partial charge in [0.2, 0.25) is 0 Å². The van der Waals surface area contributed by atoms with Gasteiger partial charge in [-0.15, -0.1) is 0 Å². The monoisotopic (exact) mass is 723 g/mol. The van der Waals surface area contributed by atoms with Crippen molar-refractivity contribution in [3.05, 3.63) is 234 Å². The summed E-state index contributed by atoms with van der Waals surface area (Å²) in [6.45, 7) is 0. The summed E-state index contributed by atoms with van der Waals surface area (Å²) in [4.78, 5) is 0. The molecule has 2 aliphatic carbocycles. The third-order valence-electron chi connectivity index (χ3n) is 12.6. The second-order valence-electron chi connectivity index (χ2n) is 15.6. The van der Waals surface area contributed by atoms with Gasteiger partial charge in [0.05, 0.1) is 11.0 Å². The predicted molar refractivity (Wildman–Crippen MR) is 238 cm³/mol. The Hall–Kier alpha value is -7.22. The fraction of sp³-hybridized carbons (Fsp3) is 0.0357. The molecule has 1 unspecified atom stereocenters. The second-order valence-corrected chi connectivity index (χ2v) is 15.6. The molecular weight excluding hydrogens is 687 g/mol. The molecule has 57 heavy (non-hydrogen) atoms. The first-order valence-electron chi connectivity index (χ1n) is 20.0. The molecule has 0 spiro atoms. The van der Waals surface area contributed by atoms with Crippen molar-refractivity contribution in [3.8, 4) is 61.3 Å². The maximum absolute atomic E-state index is 2.48. The largest absolute Gasteiger partial charge is 0.309 e. The minimum Gasteiger partial charge on any atom is -0.309 e. The lowest BCUT2D eigenvalue weighted by molar-refractivity contribution is 1.02. The van der Waals surface area contributed by atoms with E-state index >= 15 is 0 Å². The number of aromatic nitrogens is 1. The Bertz CT molecular complexity index is 3190. The van der Waals surface area contributed by atoms with Gasteiger partial charge in [0.25, 0.3) is 0 Å². The number of para-hydroxylation sites is 2. The standard InChI is InChI=1S/C56H37N/c1-3-12-36(13-4-1)37-22-24-38(25-23-37)56-48-29-26-39(40-28-31-55-53(33-40)47-18-9-10-21-54(47)57(55)43-15-5-2-6-16-43)32-51(48)52-35-42(27-30-49(52)56)45-19-11-20-46-44-17-8-7-14-41(44)34-50(45)46/h1-33,35,56H,34H2. The highest BCUT2D eigenvalue weighted by atomic mass is 15.0. The van der Waals surface area contributed by atoms with E-state index in [1.165, 1.54) is 111 Å². The first kappa shape index (κ1) is 32.1. The number of nitrogens with zero attached hydrogens (tertiary/aromatic N) is 1. The third kappa shape index (κ3) is 5.02. The molecule has 0 radical (unpaired) electrons. The molecule has 0 saturated heterocycles. The van der Waals surface area contributed by atoms with Crippen LogP contribution in [0.2, 0.25) is 0 Å². The summed E-state index contributed by atoms with van der Waals surface area (Å²) in [5.74, 6) is 0.153. The molecule has 12 rings (SSSR count). The maximum Gasteiger partial charge on any atom is 0.0541 e. The zero-order valence-electron chi connectivity index (χ0n) is 31.4. The van der Waals surface area contributed by atoms with E-state index < -0.39 is 0 Å². The van der Waals surface area contributed by atoms with Crippen LogP contribution >= 0.6 is 0 Å². The Morgan fingerprint density at radius 2 is 0.930 bits per heavy atom. The van der Waals surface area contributed by atoms with Gasteiger partial charge in [-0.3, -0.25) is 0 Å². The molecule has 1 atom stereocenters. The minimum atomic E-state index is 0.153. The molecule has 0 amide bonds. The van der Waals surface area contributed by atoms with Crippen molar-refractivity contribution >= 4 is 21.8 Å². The van der Waals surface area contributed by atoms with Gasteiger partial charge in [0, 0.05) is 22.4 Å². The Balaban J connectivity index is 1.01. The van der Waals surface area contributed by atoms with E-state index in [9.17, 15) is 0 Å². The highest BCUT2D eigenvalue weighted by molar-refractivity contribution is 6.10. The number of hydrogen-bond acceptors (Lipinski definition) is 0. The Labute approximate surface area is 332 Å². The fourth-order valence-electron chi connectivity index (χ4n) is 9.89. The van der Waals surface area contributed by atoms with Crippen LogP contribution in [-0.2, 0) is 6.42 Å². The number of rotatable bonds is 5. The predicted octanol–water partition coefficient (Wildman–Crippen LogP) is 14.5. The van der Waals surface area contributed by atoms with Crippen LogP contribution in [-0.4, -0.2) is 4.57 Å².